The summed E-state index contributed by atoms with van der Waals surface area (Å²) in [6, 6.07) is 11.0. The lowest BCUT2D eigenvalue weighted by atomic mass is 9.97. The van der Waals surface area contributed by atoms with Crippen LogP contribution < -0.4 is 0 Å². The van der Waals surface area contributed by atoms with Crippen molar-refractivity contribution in [3.05, 3.63) is 35.4 Å². The van der Waals surface area contributed by atoms with Gasteiger partial charge in [-0.15, -0.1) is 0 Å². The summed E-state index contributed by atoms with van der Waals surface area (Å²) in [4.78, 5) is 7.92. The van der Waals surface area contributed by atoms with Gasteiger partial charge in [-0.25, -0.2) is 0 Å². The summed E-state index contributed by atoms with van der Waals surface area (Å²) < 4.78 is 0. The van der Waals surface area contributed by atoms with E-state index in [4.69, 9.17) is 0 Å². The van der Waals surface area contributed by atoms with Gasteiger partial charge < -0.3 is 10.0 Å². The molecule has 2 heterocycles. The zero-order chi connectivity index (χ0) is 19.2. The SMILES string of the molecule is CCc1ccc(CN2CCN(C3CCN(C(C)C)CC3)C(CCO)C2)cc1. The van der Waals surface area contributed by atoms with Crippen LogP contribution in [-0.4, -0.2) is 77.3 Å². The zero-order valence-corrected chi connectivity index (χ0v) is 17.6. The van der Waals surface area contributed by atoms with Crippen LogP contribution in [0.4, 0.5) is 0 Å². The molecular weight excluding hydrogens is 334 g/mol. The minimum absolute atomic E-state index is 0.297. The van der Waals surface area contributed by atoms with Crippen molar-refractivity contribution < 1.29 is 5.11 Å². The smallest absolute Gasteiger partial charge is 0.0446 e. The van der Waals surface area contributed by atoms with Crippen LogP contribution in [0.15, 0.2) is 24.3 Å². The summed E-state index contributed by atoms with van der Waals surface area (Å²) in [6.07, 6.45) is 4.56. The van der Waals surface area contributed by atoms with Crippen molar-refractivity contribution in [2.24, 2.45) is 0 Å². The van der Waals surface area contributed by atoms with Crippen LogP contribution in [0.5, 0.6) is 0 Å². The van der Waals surface area contributed by atoms with Crippen molar-refractivity contribution in [2.75, 3.05) is 39.3 Å². The largest absolute Gasteiger partial charge is 0.396 e. The predicted octanol–water partition coefficient (Wildman–Crippen LogP) is 2.99. The van der Waals surface area contributed by atoms with Crippen LogP contribution in [0.3, 0.4) is 0 Å². The lowest BCUT2D eigenvalue weighted by Gasteiger charge is -2.48. The minimum atomic E-state index is 0.297. The fourth-order valence-corrected chi connectivity index (χ4v) is 4.84. The summed E-state index contributed by atoms with van der Waals surface area (Å²) in [7, 11) is 0. The van der Waals surface area contributed by atoms with Gasteiger partial charge in [-0.3, -0.25) is 9.80 Å². The van der Waals surface area contributed by atoms with Gasteiger partial charge in [0.15, 0.2) is 0 Å². The number of likely N-dealkylation sites (tertiary alicyclic amines) is 1. The number of piperidine rings is 1. The molecule has 3 rings (SSSR count). The standard InChI is InChI=1S/C23H39N3O/c1-4-20-5-7-21(8-6-20)17-24-14-15-26(23(18-24)11-16-27)22-9-12-25(13-10-22)19(2)3/h5-8,19,22-23,27H,4,9-18H2,1-3H3. The van der Waals surface area contributed by atoms with Crippen LogP contribution in [0, 0.1) is 0 Å². The van der Waals surface area contributed by atoms with E-state index in [1.54, 1.807) is 0 Å². The van der Waals surface area contributed by atoms with Crippen LogP contribution in [-0.2, 0) is 13.0 Å². The van der Waals surface area contributed by atoms with Crippen LogP contribution in [0.25, 0.3) is 0 Å². The van der Waals surface area contributed by atoms with E-state index in [1.807, 2.05) is 0 Å². The maximum atomic E-state index is 9.63. The number of aliphatic hydroxyl groups excluding tert-OH is 1. The number of aryl methyl sites for hydroxylation is 1. The summed E-state index contributed by atoms with van der Waals surface area (Å²) in [5.41, 5.74) is 2.82. The van der Waals surface area contributed by atoms with Crippen molar-refractivity contribution in [2.45, 2.75) is 71.1 Å². The molecule has 0 spiro atoms. The highest BCUT2D eigenvalue weighted by Gasteiger charge is 2.33. The Morgan fingerprint density at radius 2 is 1.67 bits per heavy atom. The minimum Gasteiger partial charge on any atom is -0.396 e. The quantitative estimate of drug-likeness (QED) is 0.796. The Bertz CT molecular complexity index is 551. The molecule has 2 aliphatic rings. The second-order valence-electron chi connectivity index (χ2n) is 8.67. The monoisotopic (exact) mass is 373 g/mol. The maximum Gasteiger partial charge on any atom is 0.0446 e. The molecule has 1 N–H and O–H groups in total. The zero-order valence-electron chi connectivity index (χ0n) is 17.6. The third kappa shape index (κ3) is 5.54. The van der Waals surface area contributed by atoms with Crippen LogP contribution in [0.1, 0.15) is 51.2 Å². The molecule has 1 unspecified atom stereocenters. The topological polar surface area (TPSA) is 30.0 Å². The first kappa shape index (κ1) is 20.8. The van der Waals surface area contributed by atoms with E-state index in [2.05, 4.69) is 59.7 Å². The highest BCUT2D eigenvalue weighted by molar-refractivity contribution is 5.22. The average Bonchev–Trinajstić information content (AvgIpc) is 2.69. The maximum absolute atomic E-state index is 9.63. The van der Waals surface area contributed by atoms with E-state index in [0.29, 0.717) is 24.7 Å². The molecule has 2 aliphatic heterocycles. The molecule has 1 aromatic carbocycles. The van der Waals surface area contributed by atoms with E-state index in [-0.39, 0.29) is 0 Å². The Morgan fingerprint density at radius 3 is 2.26 bits per heavy atom. The first-order valence-corrected chi connectivity index (χ1v) is 11.0. The van der Waals surface area contributed by atoms with Gasteiger partial charge in [0.05, 0.1) is 0 Å². The molecule has 4 heteroatoms. The fraction of sp³-hybridized carbons (Fsp3) is 0.739. The van der Waals surface area contributed by atoms with Gasteiger partial charge >= 0.3 is 0 Å². The normalized spacial score (nSPS) is 24.0. The molecule has 1 atom stereocenters. The number of aliphatic hydroxyl groups is 1. The number of benzene rings is 1. The molecule has 4 nitrogen and oxygen atoms in total. The average molecular weight is 374 g/mol. The number of nitrogens with zero attached hydrogens (tertiary/aromatic N) is 3. The van der Waals surface area contributed by atoms with Crippen molar-refractivity contribution in [3.63, 3.8) is 0 Å². The second kappa shape index (κ2) is 10.0. The molecule has 1 aromatic rings. The molecule has 0 aliphatic carbocycles. The second-order valence-corrected chi connectivity index (χ2v) is 8.67. The fourth-order valence-electron chi connectivity index (χ4n) is 4.84. The van der Waals surface area contributed by atoms with E-state index in [9.17, 15) is 5.11 Å². The summed E-state index contributed by atoms with van der Waals surface area (Å²) >= 11 is 0. The van der Waals surface area contributed by atoms with Crippen LogP contribution >= 0.6 is 0 Å². The summed E-state index contributed by atoms with van der Waals surface area (Å²) in [5.74, 6) is 0. The lowest BCUT2D eigenvalue weighted by molar-refractivity contribution is -0.0000301. The third-order valence-corrected chi connectivity index (χ3v) is 6.61. The molecule has 2 saturated heterocycles. The Balaban J connectivity index is 1.56. The number of hydrogen-bond donors (Lipinski definition) is 1. The van der Waals surface area contributed by atoms with Gasteiger partial charge in [0.1, 0.15) is 0 Å². The molecule has 0 aromatic heterocycles. The van der Waals surface area contributed by atoms with E-state index < -0.39 is 0 Å². The molecular formula is C23H39N3O. The third-order valence-electron chi connectivity index (χ3n) is 6.61. The first-order valence-electron chi connectivity index (χ1n) is 11.0. The Labute approximate surface area is 166 Å². The van der Waals surface area contributed by atoms with E-state index >= 15 is 0 Å². The van der Waals surface area contributed by atoms with Gasteiger partial charge in [0.25, 0.3) is 0 Å². The number of hydrogen-bond acceptors (Lipinski definition) is 4. The van der Waals surface area contributed by atoms with Crippen LogP contribution in [0.2, 0.25) is 0 Å². The van der Waals surface area contributed by atoms with Crippen molar-refractivity contribution in [3.8, 4) is 0 Å². The van der Waals surface area contributed by atoms with E-state index in [0.717, 1.165) is 39.0 Å². The molecule has 27 heavy (non-hydrogen) atoms. The van der Waals surface area contributed by atoms with Crippen molar-refractivity contribution in [1.82, 2.24) is 14.7 Å². The highest BCUT2D eigenvalue weighted by atomic mass is 16.3. The Kier molecular flexibility index (Phi) is 7.71. The van der Waals surface area contributed by atoms with Gasteiger partial charge in [0, 0.05) is 50.9 Å². The van der Waals surface area contributed by atoms with Gasteiger partial charge in [-0.1, -0.05) is 31.2 Å². The summed E-state index contributed by atoms with van der Waals surface area (Å²) in [6.45, 7) is 14.0. The molecule has 2 fully saturated rings. The molecule has 152 valence electrons. The molecule has 0 bridgehead atoms. The predicted molar refractivity (Wildman–Crippen MR) is 113 cm³/mol. The molecule has 0 radical (unpaired) electrons. The van der Waals surface area contributed by atoms with Crippen molar-refractivity contribution >= 4 is 0 Å². The number of piperazine rings is 1. The molecule has 0 saturated carbocycles. The van der Waals surface area contributed by atoms with Gasteiger partial charge in [0.2, 0.25) is 0 Å². The van der Waals surface area contributed by atoms with Gasteiger partial charge in [-0.05, 0) is 63.7 Å². The Hall–Kier alpha value is -0.940. The number of rotatable bonds is 7. The molecule has 0 amide bonds. The van der Waals surface area contributed by atoms with Gasteiger partial charge in [-0.2, -0.15) is 0 Å². The Morgan fingerprint density at radius 1 is 1.00 bits per heavy atom. The van der Waals surface area contributed by atoms with Crippen molar-refractivity contribution in [1.29, 1.82) is 0 Å². The first-order chi connectivity index (χ1) is 13.1. The summed E-state index contributed by atoms with van der Waals surface area (Å²) in [5, 5.41) is 9.63. The lowest BCUT2D eigenvalue weighted by Crippen LogP contribution is -2.58. The van der Waals surface area contributed by atoms with E-state index in [1.165, 1.54) is 37.1 Å². The highest BCUT2D eigenvalue weighted by Crippen LogP contribution is 2.25.